The van der Waals surface area contributed by atoms with Crippen molar-refractivity contribution in [2.75, 3.05) is 19.7 Å². The monoisotopic (exact) mass is 434 g/mol. The Balaban J connectivity index is 1.60. The largest absolute Gasteiger partial charge is 0.452 e. The molecule has 0 saturated heterocycles. The molecule has 1 aromatic carbocycles. The van der Waals surface area contributed by atoms with E-state index in [1.807, 2.05) is 56.0 Å². The van der Waals surface area contributed by atoms with E-state index >= 15 is 0 Å². The van der Waals surface area contributed by atoms with Crippen LogP contribution in [-0.4, -0.2) is 51.2 Å². The summed E-state index contributed by atoms with van der Waals surface area (Å²) in [6.07, 6.45) is 4.87. The summed E-state index contributed by atoms with van der Waals surface area (Å²) in [6.45, 7) is 7.26. The van der Waals surface area contributed by atoms with Gasteiger partial charge >= 0.3 is 5.97 Å². The fourth-order valence-electron chi connectivity index (χ4n) is 3.82. The van der Waals surface area contributed by atoms with Gasteiger partial charge in [0.15, 0.2) is 12.3 Å². The Morgan fingerprint density at radius 1 is 1.22 bits per heavy atom. The molecule has 1 saturated carbocycles. The molecule has 3 aromatic rings. The zero-order valence-electron chi connectivity index (χ0n) is 19.0. The van der Waals surface area contributed by atoms with E-state index in [2.05, 4.69) is 5.10 Å². The molecule has 0 spiro atoms. The van der Waals surface area contributed by atoms with Crippen molar-refractivity contribution < 1.29 is 14.3 Å². The van der Waals surface area contributed by atoms with Crippen LogP contribution in [0.3, 0.4) is 0 Å². The maximum atomic E-state index is 13.1. The van der Waals surface area contributed by atoms with Gasteiger partial charge in [0.05, 0.1) is 22.8 Å². The van der Waals surface area contributed by atoms with Crippen LogP contribution >= 0.6 is 0 Å². The number of hydrogen-bond donors (Lipinski definition) is 0. The highest BCUT2D eigenvalue weighted by molar-refractivity contribution is 6.04. The molecule has 7 heteroatoms. The number of amides is 1. The topological polar surface area (TPSA) is 77.3 Å². The summed E-state index contributed by atoms with van der Waals surface area (Å²) < 4.78 is 7.29. The van der Waals surface area contributed by atoms with Crippen LogP contribution in [0.15, 0.2) is 42.6 Å². The van der Waals surface area contributed by atoms with E-state index in [9.17, 15) is 9.59 Å². The number of benzene rings is 1. The third-order valence-corrected chi connectivity index (χ3v) is 5.69. The summed E-state index contributed by atoms with van der Waals surface area (Å²) in [5, 5.41) is 5.06. The summed E-state index contributed by atoms with van der Waals surface area (Å²) in [5.74, 6) is -0.0796. The van der Waals surface area contributed by atoms with Crippen molar-refractivity contribution in [2.45, 2.75) is 46.1 Å². The quantitative estimate of drug-likeness (QED) is 0.464. The third-order valence-electron chi connectivity index (χ3n) is 5.69. The average molecular weight is 435 g/mol. The Kier molecular flexibility index (Phi) is 6.53. The second-order valence-corrected chi connectivity index (χ2v) is 8.70. The number of esters is 1. The van der Waals surface area contributed by atoms with Gasteiger partial charge in [-0.1, -0.05) is 37.3 Å². The Morgan fingerprint density at radius 3 is 2.62 bits per heavy atom. The molecule has 4 rings (SSSR count). The molecule has 32 heavy (non-hydrogen) atoms. The van der Waals surface area contributed by atoms with Gasteiger partial charge in [-0.25, -0.2) is 14.5 Å². The second-order valence-electron chi connectivity index (χ2n) is 8.70. The van der Waals surface area contributed by atoms with E-state index in [1.165, 1.54) is 12.8 Å². The smallest absolute Gasteiger partial charge is 0.339 e. The maximum Gasteiger partial charge on any atom is 0.339 e. The van der Waals surface area contributed by atoms with Gasteiger partial charge in [-0.15, -0.1) is 0 Å². The lowest BCUT2D eigenvalue weighted by molar-refractivity contribution is -0.134. The number of fused-ring (bicyclic) bond motifs is 1. The van der Waals surface area contributed by atoms with Crippen molar-refractivity contribution in [3.8, 4) is 11.3 Å². The van der Waals surface area contributed by atoms with Crippen molar-refractivity contribution in [2.24, 2.45) is 5.92 Å². The lowest BCUT2D eigenvalue weighted by Crippen LogP contribution is -2.36. The zero-order valence-corrected chi connectivity index (χ0v) is 19.0. The van der Waals surface area contributed by atoms with E-state index in [4.69, 9.17) is 9.72 Å². The Bertz CT molecular complexity index is 1100. The maximum absolute atomic E-state index is 13.1. The first-order valence-corrected chi connectivity index (χ1v) is 11.4. The third kappa shape index (κ3) is 4.82. The predicted molar refractivity (Wildman–Crippen MR) is 123 cm³/mol. The van der Waals surface area contributed by atoms with E-state index in [0.29, 0.717) is 34.8 Å². The van der Waals surface area contributed by atoms with Gasteiger partial charge in [0.2, 0.25) is 0 Å². The molecule has 1 fully saturated rings. The zero-order chi connectivity index (χ0) is 22.7. The molecule has 2 aromatic heterocycles. The van der Waals surface area contributed by atoms with Gasteiger partial charge in [-0.3, -0.25) is 4.79 Å². The summed E-state index contributed by atoms with van der Waals surface area (Å²) in [4.78, 5) is 32.4. The highest BCUT2D eigenvalue weighted by Crippen LogP contribution is 2.30. The molecule has 0 atom stereocenters. The van der Waals surface area contributed by atoms with Crippen molar-refractivity contribution in [3.05, 3.63) is 48.2 Å². The van der Waals surface area contributed by atoms with Crippen LogP contribution in [0.25, 0.3) is 22.3 Å². The molecule has 0 radical (unpaired) electrons. The van der Waals surface area contributed by atoms with Gasteiger partial charge in [0.1, 0.15) is 0 Å². The standard InChI is InChI=1S/C25H30N4O3/c1-4-12-28(15-18-10-11-18)23(30)16-32-25(31)20-13-22(19-8-6-5-7-9-19)27-24-21(20)14-26-29(24)17(2)3/h5-9,13-14,17-18H,4,10-12,15-16H2,1-3H3. The normalized spacial score (nSPS) is 13.5. The van der Waals surface area contributed by atoms with Crippen LogP contribution in [0.1, 0.15) is 56.4 Å². The second kappa shape index (κ2) is 9.51. The van der Waals surface area contributed by atoms with Crippen molar-refractivity contribution in [3.63, 3.8) is 0 Å². The summed E-state index contributed by atoms with van der Waals surface area (Å²) in [5.41, 5.74) is 2.56. The van der Waals surface area contributed by atoms with Gasteiger partial charge < -0.3 is 9.64 Å². The van der Waals surface area contributed by atoms with Crippen LogP contribution in [0.4, 0.5) is 0 Å². The minimum absolute atomic E-state index is 0.0847. The lowest BCUT2D eigenvalue weighted by Gasteiger charge is -2.21. The predicted octanol–water partition coefficient (Wildman–Crippen LogP) is 4.48. The highest BCUT2D eigenvalue weighted by atomic mass is 16.5. The molecular formula is C25H30N4O3. The summed E-state index contributed by atoms with van der Waals surface area (Å²) in [7, 11) is 0. The van der Waals surface area contributed by atoms with Crippen LogP contribution in [0.2, 0.25) is 0 Å². The number of pyridine rings is 1. The van der Waals surface area contributed by atoms with E-state index in [0.717, 1.165) is 18.5 Å². The molecule has 0 aliphatic heterocycles. The number of aromatic nitrogens is 3. The summed E-state index contributed by atoms with van der Waals surface area (Å²) >= 11 is 0. The van der Waals surface area contributed by atoms with Crippen LogP contribution in [0, 0.1) is 5.92 Å². The molecule has 0 N–H and O–H groups in total. The first-order valence-electron chi connectivity index (χ1n) is 11.4. The molecule has 1 aliphatic carbocycles. The molecule has 1 amide bonds. The first-order chi connectivity index (χ1) is 15.5. The molecular weight excluding hydrogens is 404 g/mol. The summed E-state index contributed by atoms with van der Waals surface area (Å²) in [6, 6.07) is 11.5. The van der Waals surface area contributed by atoms with Gasteiger partial charge in [-0.2, -0.15) is 5.10 Å². The Hall–Kier alpha value is -3.22. The number of nitrogens with zero attached hydrogens (tertiary/aromatic N) is 4. The Labute approximate surface area is 188 Å². The van der Waals surface area contributed by atoms with Gasteiger partial charge in [0, 0.05) is 24.7 Å². The minimum atomic E-state index is -0.533. The molecule has 0 unspecified atom stereocenters. The fourth-order valence-corrected chi connectivity index (χ4v) is 3.82. The number of hydrogen-bond acceptors (Lipinski definition) is 5. The van der Waals surface area contributed by atoms with Crippen molar-refractivity contribution >= 4 is 22.9 Å². The molecule has 2 heterocycles. The van der Waals surface area contributed by atoms with Crippen molar-refractivity contribution in [1.29, 1.82) is 0 Å². The molecule has 7 nitrogen and oxygen atoms in total. The SMILES string of the molecule is CCCN(CC1CC1)C(=O)COC(=O)c1cc(-c2ccccc2)nc2c1cnn2C(C)C. The van der Waals surface area contributed by atoms with Crippen molar-refractivity contribution in [1.82, 2.24) is 19.7 Å². The van der Waals surface area contributed by atoms with Crippen LogP contribution in [0.5, 0.6) is 0 Å². The van der Waals surface area contributed by atoms with E-state index < -0.39 is 5.97 Å². The molecule has 1 aliphatic rings. The number of ether oxygens (including phenoxy) is 1. The molecule has 0 bridgehead atoms. The fraction of sp³-hybridized carbons (Fsp3) is 0.440. The number of rotatable bonds is 9. The number of carbonyl (C=O) groups excluding carboxylic acids is 2. The van der Waals surface area contributed by atoms with E-state index in [-0.39, 0.29) is 18.6 Å². The average Bonchev–Trinajstić information content (AvgIpc) is 3.51. The van der Waals surface area contributed by atoms with Gasteiger partial charge in [0.25, 0.3) is 5.91 Å². The first kappa shape index (κ1) is 22.0. The van der Waals surface area contributed by atoms with Gasteiger partial charge in [-0.05, 0) is 45.1 Å². The van der Waals surface area contributed by atoms with E-state index in [1.54, 1.807) is 16.9 Å². The Morgan fingerprint density at radius 2 is 1.97 bits per heavy atom. The van der Waals surface area contributed by atoms with Crippen LogP contribution < -0.4 is 0 Å². The van der Waals surface area contributed by atoms with Crippen LogP contribution in [-0.2, 0) is 9.53 Å². The minimum Gasteiger partial charge on any atom is -0.452 e. The highest BCUT2D eigenvalue weighted by Gasteiger charge is 2.27. The molecule has 168 valence electrons. The number of carbonyl (C=O) groups is 2. The lowest BCUT2D eigenvalue weighted by atomic mass is 10.1.